The van der Waals surface area contributed by atoms with E-state index in [1.807, 2.05) is 25.5 Å². The number of primary amides is 1. The van der Waals surface area contributed by atoms with Gasteiger partial charge in [-0.15, -0.1) is 0 Å². The number of carbonyl (C=O) groups excluding carboxylic acids is 1. The van der Waals surface area contributed by atoms with Crippen molar-refractivity contribution in [2.75, 3.05) is 0 Å². The normalized spacial score (nSPS) is 12.9. The summed E-state index contributed by atoms with van der Waals surface area (Å²) in [4.78, 5) is 11.4. The Labute approximate surface area is 115 Å². The Balaban J connectivity index is 2.72. The first-order chi connectivity index (χ1) is 8.86. The number of aromatic nitrogens is 2. The van der Waals surface area contributed by atoms with Gasteiger partial charge in [0.15, 0.2) is 0 Å². The molecule has 0 saturated carbocycles. The second-order valence-corrected chi connectivity index (χ2v) is 5.29. The molecule has 1 atom stereocenters. The lowest BCUT2D eigenvalue weighted by molar-refractivity contribution is -0.120. The highest BCUT2D eigenvalue weighted by Gasteiger charge is 2.17. The van der Waals surface area contributed by atoms with Crippen LogP contribution in [0.3, 0.4) is 0 Å². The first-order valence-electron chi connectivity index (χ1n) is 6.95. The number of hydrogen-bond acceptors (Lipinski definition) is 3. The number of aryl methyl sites for hydroxylation is 2. The van der Waals surface area contributed by atoms with Crippen LogP contribution in [-0.2, 0) is 17.8 Å². The minimum Gasteiger partial charge on any atom is -0.368 e. The van der Waals surface area contributed by atoms with Crippen LogP contribution in [0.15, 0.2) is 0 Å². The molecule has 5 heteroatoms. The molecular formula is C14H26N4O. The van der Waals surface area contributed by atoms with Crippen LogP contribution < -0.4 is 11.1 Å². The molecule has 1 heterocycles. The zero-order valence-corrected chi connectivity index (χ0v) is 12.7. The van der Waals surface area contributed by atoms with Crippen molar-refractivity contribution >= 4 is 5.91 Å². The van der Waals surface area contributed by atoms with E-state index in [2.05, 4.69) is 24.3 Å². The topological polar surface area (TPSA) is 72.9 Å². The SMILES string of the molecule is CCc1c(C)nn(CCC(NC(C)C)C(N)=O)c1C. The van der Waals surface area contributed by atoms with Crippen LogP contribution in [0.4, 0.5) is 0 Å². The zero-order valence-electron chi connectivity index (χ0n) is 12.7. The molecule has 3 N–H and O–H groups in total. The lowest BCUT2D eigenvalue weighted by Gasteiger charge is -2.18. The predicted octanol–water partition coefficient (Wildman–Crippen LogP) is 1.30. The molecule has 1 rings (SSSR count). The van der Waals surface area contributed by atoms with Crippen molar-refractivity contribution in [2.24, 2.45) is 5.73 Å². The third-order valence-corrected chi connectivity index (χ3v) is 3.39. The number of nitrogens with one attached hydrogen (secondary N) is 1. The molecule has 0 aliphatic heterocycles. The summed E-state index contributed by atoms with van der Waals surface area (Å²) >= 11 is 0. The monoisotopic (exact) mass is 266 g/mol. The predicted molar refractivity (Wildman–Crippen MR) is 77.0 cm³/mol. The maximum absolute atomic E-state index is 11.4. The van der Waals surface area contributed by atoms with Crippen molar-refractivity contribution in [1.29, 1.82) is 0 Å². The van der Waals surface area contributed by atoms with Crippen LogP contribution in [0.1, 0.15) is 44.1 Å². The smallest absolute Gasteiger partial charge is 0.234 e. The molecule has 0 aromatic carbocycles. The second-order valence-electron chi connectivity index (χ2n) is 5.29. The molecule has 1 amide bonds. The van der Waals surface area contributed by atoms with Crippen LogP contribution in [0, 0.1) is 13.8 Å². The maximum atomic E-state index is 11.4. The highest BCUT2D eigenvalue weighted by atomic mass is 16.1. The van der Waals surface area contributed by atoms with Crippen molar-refractivity contribution in [3.63, 3.8) is 0 Å². The summed E-state index contributed by atoms with van der Waals surface area (Å²) in [6.07, 6.45) is 1.65. The van der Waals surface area contributed by atoms with Crippen molar-refractivity contribution in [1.82, 2.24) is 15.1 Å². The van der Waals surface area contributed by atoms with E-state index in [0.29, 0.717) is 13.0 Å². The Morgan fingerprint density at radius 1 is 1.42 bits per heavy atom. The Kier molecular flexibility index (Phi) is 5.54. The van der Waals surface area contributed by atoms with Gasteiger partial charge in [0.05, 0.1) is 11.7 Å². The van der Waals surface area contributed by atoms with Gasteiger partial charge in [-0.2, -0.15) is 5.10 Å². The molecule has 0 spiro atoms. The molecule has 108 valence electrons. The zero-order chi connectivity index (χ0) is 14.6. The summed E-state index contributed by atoms with van der Waals surface area (Å²) in [7, 11) is 0. The first-order valence-corrected chi connectivity index (χ1v) is 6.95. The molecule has 0 saturated heterocycles. The van der Waals surface area contributed by atoms with E-state index in [1.54, 1.807) is 0 Å². The van der Waals surface area contributed by atoms with Gasteiger partial charge in [0.25, 0.3) is 0 Å². The molecule has 0 radical (unpaired) electrons. The lowest BCUT2D eigenvalue weighted by Crippen LogP contribution is -2.45. The second kappa shape index (κ2) is 6.70. The standard InChI is InChI=1S/C14H26N4O/c1-6-12-10(4)17-18(11(12)5)8-7-13(14(15)19)16-9(2)3/h9,13,16H,6-8H2,1-5H3,(H2,15,19). The number of hydrogen-bond donors (Lipinski definition) is 2. The number of carbonyl (C=O) groups is 1. The third-order valence-electron chi connectivity index (χ3n) is 3.39. The van der Waals surface area contributed by atoms with Gasteiger partial charge in [-0.1, -0.05) is 20.8 Å². The number of nitrogens with two attached hydrogens (primary N) is 1. The van der Waals surface area contributed by atoms with Gasteiger partial charge in [-0.25, -0.2) is 0 Å². The number of nitrogens with zero attached hydrogens (tertiary/aromatic N) is 2. The molecule has 0 bridgehead atoms. The van der Waals surface area contributed by atoms with Crippen molar-refractivity contribution in [3.05, 3.63) is 17.0 Å². The summed E-state index contributed by atoms with van der Waals surface area (Å²) in [6, 6.07) is -0.0573. The lowest BCUT2D eigenvalue weighted by atomic mass is 10.1. The minimum absolute atomic E-state index is 0.240. The van der Waals surface area contributed by atoms with Crippen molar-refractivity contribution < 1.29 is 4.79 Å². The van der Waals surface area contributed by atoms with Gasteiger partial charge in [-0.3, -0.25) is 9.48 Å². The van der Waals surface area contributed by atoms with E-state index in [0.717, 1.165) is 12.1 Å². The summed E-state index contributed by atoms with van der Waals surface area (Å²) < 4.78 is 1.98. The van der Waals surface area contributed by atoms with Crippen LogP contribution in [0.2, 0.25) is 0 Å². The minimum atomic E-state index is -0.300. The molecule has 1 unspecified atom stereocenters. The number of amides is 1. The van der Waals surface area contributed by atoms with Crippen molar-refractivity contribution in [3.8, 4) is 0 Å². The summed E-state index contributed by atoms with van der Waals surface area (Å²) in [5.74, 6) is -0.300. The molecule has 0 aliphatic rings. The Hall–Kier alpha value is -1.36. The van der Waals surface area contributed by atoms with E-state index in [9.17, 15) is 4.79 Å². The van der Waals surface area contributed by atoms with E-state index < -0.39 is 0 Å². The van der Waals surface area contributed by atoms with Gasteiger partial charge in [0.1, 0.15) is 0 Å². The average Bonchev–Trinajstić information content (AvgIpc) is 2.58. The van der Waals surface area contributed by atoms with Gasteiger partial charge in [-0.05, 0) is 32.3 Å². The average molecular weight is 266 g/mol. The van der Waals surface area contributed by atoms with Crippen LogP contribution in [0.5, 0.6) is 0 Å². The van der Waals surface area contributed by atoms with Gasteiger partial charge < -0.3 is 11.1 Å². The Bertz CT molecular complexity index is 437. The Morgan fingerprint density at radius 2 is 2.05 bits per heavy atom. The summed E-state index contributed by atoms with van der Waals surface area (Å²) in [5.41, 5.74) is 8.98. The molecule has 5 nitrogen and oxygen atoms in total. The van der Waals surface area contributed by atoms with Crippen LogP contribution in [-0.4, -0.2) is 27.8 Å². The van der Waals surface area contributed by atoms with Gasteiger partial charge in [0.2, 0.25) is 5.91 Å². The van der Waals surface area contributed by atoms with E-state index in [-0.39, 0.29) is 18.0 Å². The van der Waals surface area contributed by atoms with Gasteiger partial charge in [0, 0.05) is 18.3 Å². The largest absolute Gasteiger partial charge is 0.368 e. The van der Waals surface area contributed by atoms with Crippen LogP contribution in [0.25, 0.3) is 0 Å². The van der Waals surface area contributed by atoms with Gasteiger partial charge >= 0.3 is 0 Å². The fourth-order valence-electron chi connectivity index (χ4n) is 2.42. The van der Waals surface area contributed by atoms with Crippen molar-refractivity contribution in [2.45, 2.75) is 66.1 Å². The quantitative estimate of drug-likeness (QED) is 0.781. The summed E-state index contributed by atoms with van der Waals surface area (Å²) in [6.45, 7) is 11.0. The molecule has 1 aromatic heterocycles. The molecule has 19 heavy (non-hydrogen) atoms. The maximum Gasteiger partial charge on any atom is 0.234 e. The Morgan fingerprint density at radius 3 is 2.47 bits per heavy atom. The fraction of sp³-hybridized carbons (Fsp3) is 0.714. The number of rotatable bonds is 7. The molecule has 0 fully saturated rings. The highest BCUT2D eigenvalue weighted by Crippen LogP contribution is 2.14. The third kappa shape index (κ3) is 4.06. The summed E-state index contributed by atoms with van der Waals surface area (Å²) in [5, 5.41) is 7.72. The molecular weight excluding hydrogens is 240 g/mol. The first kappa shape index (κ1) is 15.7. The fourth-order valence-corrected chi connectivity index (χ4v) is 2.42. The molecule has 1 aromatic rings. The molecule has 0 aliphatic carbocycles. The van der Waals surface area contributed by atoms with Crippen LogP contribution >= 0.6 is 0 Å². The van der Waals surface area contributed by atoms with E-state index >= 15 is 0 Å². The highest BCUT2D eigenvalue weighted by molar-refractivity contribution is 5.79. The van der Waals surface area contributed by atoms with E-state index in [4.69, 9.17) is 5.73 Å². The van der Waals surface area contributed by atoms with E-state index in [1.165, 1.54) is 11.3 Å².